The Hall–Kier alpha value is -6.43. The highest BCUT2D eigenvalue weighted by Crippen LogP contribution is 2.39. The number of para-hydroxylation sites is 2. The van der Waals surface area contributed by atoms with Crippen LogP contribution in [-0.2, 0) is 0 Å². The van der Waals surface area contributed by atoms with Crippen LogP contribution in [0.3, 0.4) is 0 Å². The van der Waals surface area contributed by atoms with Crippen molar-refractivity contribution in [3.05, 3.63) is 170 Å². The molecule has 5 heteroatoms. The van der Waals surface area contributed by atoms with E-state index < -0.39 is 42.3 Å². The summed E-state index contributed by atoms with van der Waals surface area (Å²) in [5.41, 5.74) is 3.60. The van der Waals surface area contributed by atoms with Gasteiger partial charge in [0.1, 0.15) is 0 Å². The van der Waals surface area contributed by atoms with Gasteiger partial charge in [0.25, 0.3) is 0 Å². The molecule has 0 aliphatic carbocycles. The van der Waals surface area contributed by atoms with Crippen LogP contribution in [0.2, 0.25) is 0 Å². The number of fused-ring (bicyclic) bond motifs is 6. The minimum Gasteiger partial charge on any atom is -0.309 e. The summed E-state index contributed by atoms with van der Waals surface area (Å²) in [4.78, 5) is 14.8. The Morgan fingerprint density at radius 3 is 1.92 bits per heavy atom. The van der Waals surface area contributed by atoms with Crippen LogP contribution < -0.4 is 0 Å². The lowest BCUT2D eigenvalue weighted by Gasteiger charge is -2.13. The van der Waals surface area contributed by atoms with E-state index in [4.69, 9.17) is 27.3 Å². The first kappa shape index (κ1) is 20.8. The first-order valence-electron chi connectivity index (χ1n) is 20.5. The number of rotatable bonds is 5. The number of hydrogen-bond acceptors (Lipinski definition) is 4. The van der Waals surface area contributed by atoms with E-state index in [1.165, 1.54) is 10.1 Å². The number of thiophene rings is 1. The molecular weight excluding hydrogens is 629 g/mol. The van der Waals surface area contributed by atoms with Crippen LogP contribution in [0, 0.1) is 0 Å². The molecule has 0 bridgehead atoms. The van der Waals surface area contributed by atoms with E-state index >= 15 is 0 Å². The van der Waals surface area contributed by atoms with Gasteiger partial charge in [-0.25, -0.2) is 15.0 Å². The molecule has 0 aliphatic heterocycles. The van der Waals surface area contributed by atoms with Crippen molar-refractivity contribution in [3.8, 4) is 51.0 Å². The summed E-state index contributed by atoms with van der Waals surface area (Å²) in [6.45, 7) is 0. The lowest BCUT2D eigenvalue weighted by molar-refractivity contribution is 1.07. The second-order valence-electron chi connectivity index (χ2n) is 11.8. The predicted molar refractivity (Wildman–Crippen MR) is 209 cm³/mol. The Labute approximate surface area is 305 Å². The lowest BCUT2D eigenvalue weighted by atomic mass is 10.0. The quantitative estimate of drug-likeness (QED) is 0.184. The van der Waals surface area contributed by atoms with Crippen LogP contribution in [0.15, 0.2) is 170 Å². The molecular formula is C45H28N4S. The average Bonchev–Trinajstić information content (AvgIpc) is 3.83. The average molecular weight is 666 g/mol. The van der Waals surface area contributed by atoms with E-state index in [0.717, 1.165) is 21.2 Å². The molecule has 7 aromatic carbocycles. The van der Waals surface area contributed by atoms with Gasteiger partial charge < -0.3 is 4.57 Å². The first-order valence-corrected chi connectivity index (χ1v) is 16.8. The SMILES string of the molecule is [2H]c1c([2H])c([2H])c(-c2cccc3c4c([2H])c([2H])c([2H])c([2H])c4n(-c4ccc(-c5nc(-c6ccccc6)nc(-c6ccc7c(c6)sc6ccccc67)n5)cc4)c23)c([2H])c1[2H]. The third-order valence-electron chi connectivity index (χ3n) is 8.88. The van der Waals surface area contributed by atoms with E-state index in [1.807, 2.05) is 60.7 Å². The van der Waals surface area contributed by atoms with Crippen LogP contribution >= 0.6 is 11.3 Å². The standard InChI is InChI=1S/C45H28N4S/c1-3-12-29(13-4-1)34-18-11-19-38-35-16-7-9-20-39(35)49(42(34)38)33-25-22-31(23-26-33)44-46-43(30-14-5-2-6-15-30)47-45(48-44)32-24-27-37-36-17-8-10-21-40(36)50-41(37)28-32/h1-28H/i1D,3D,4D,7D,9D,12D,13D,16D,20D. The summed E-state index contributed by atoms with van der Waals surface area (Å²) in [5, 5.41) is 3.03. The molecule has 3 heterocycles. The zero-order valence-corrected chi connectivity index (χ0v) is 27.0. The van der Waals surface area contributed by atoms with Crippen LogP contribution in [0.5, 0.6) is 0 Å². The fourth-order valence-corrected chi connectivity index (χ4v) is 7.73. The summed E-state index contributed by atoms with van der Waals surface area (Å²) >= 11 is 1.71. The molecule has 10 rings (SSSR count). The van der Waals surface area contributed by atoms with Gasteiger partial charge in [-0.1, -0.05) is 127 Å². The summed E-state index contributed by atoms with van der Waals surface area (Å²) in [5.74, 6) is 1.41. The minimum absolute atomic E-state index is 0.0440. The fourth-order valence-electron chi connectivity index (χ4n) is 6.59. The molecule has 0 radical (unpaired) electrons. The Bertz CT molecular complexity index is 3350. The number of nitrogens with zero attached hydrogens (tertiary/aromatic N) is 4. The van der Waals surface area contributed by atoms with Gasteiger partial charge in [-0.05, 0) is 48.0 Å². The summed E-state index contributed by atoms with van der Waals surface area (Å²) in [7, 11) is 0. The lowest BCUT2D eigenvalue weighted by Crippen LogP contribution is -2.00. The Balaban J connectivity index is 1.19. The molecule has 0 atom stereocenters. The first-order chi connectivity index (χ1) is 28.5. The summed E-state index contributed by atoms with van der Waals surface area (Å²) in [6.07, 6.45) is 0. The highest BCUT2D eigenvalue weighted by Gasteiger charge is 2.18. The molecule has 0 fully saturated rings. The van der Waals surface area contributed by atoms with Crippen molar-refractivity contribution in [1.29, 1.82) is 0 Å². The van der Waals surface area contributed by atoms with Crippen molar-refractivity contribution < 1.29 is 12.3 Å². The third-order valence-corrected chi connectivity index (χ3v) is 10.0. The molecule has 0 N–H and O–H groups in total. The predicted octanol–water partition coefficient (Wildman–Crippen LogP) is 12.0. The van der Waals surface area contributed by atoms with Gasteiger partial charge in [-0.15, -0.1) is 11.3 Å². The zero-order valence-electron chi connectivity index (χ0n) is 35.2. The smallest absolute Gasteiger partial charge is 0.164 e. The summed E-state index contributed by atoms with van der Waals surface area (Å²) < 4.78 is 81.8. The van der Waals surface area contributed by atoms with Crippen LogP contribution in [0.1, 0.15) is 12.3 Å². The Kier molecular flexibility index (Phi) is 4.84. The van der Waals surface area contributed by atoms with Gasteiger partial charge in [-0.3, -0.25) is 0 Å². The van der Waals surface area contributed by atoms with Crippen LogP contribution in [-0.4, -0.2) is 19.5 Å². The van der Waals surface area contributed by atoms with E-state index in [0.29, 0.717) is 39.6 Å². The van der Waals surface area contributed by atoms with Crippen molar-refractivity contribution >= 4 is 53.3 Å². The molecule has 4 nitrogen and oxygen atoms in total. The second kappa shape index (κ2) is 11.6. The van der Waals surface area contributed by atoms with Crippen LogP contribution in [0.4, 0.5) is 0 Å². The number of aromatic nitrogens is 4. The topological polar surface area (TPSA) is 43.6 Å². The fraction of sp³-hybridized carbons (Fsp3) is 0. The second-order valence-corrected chi connectivity index (χ2v) is 12.9. The molecule has 0 saturated carbocycles. The van der Waals surface area contributed by atoms with Gasteiger partial charge in [0.05, 0.1) is 23.4 Å². The zero-order chi connectivity index (χ0) is 40.9. The maximum absolute atomic E-state index is 9.08. The summed E-state index contributed by atoms with van der Waals surface area (Å²) in [6, 6.07) is 32.8. The maximum Gasteiger partial charge on any atom is 0.164 e. The molecule has 0 saturated heterocycles. The van der Waals surface area contributed by atoms with Crippen LogP contribution in [0.25, 0.3) is 93.0 Å². The molecule has 234 valence electrons. The monoisotopic (exact) mass is 665 g/mol. The Morgan fingerprint density at radius 2 is 1.10 bits per heavy atom. The normalized spacial score (nSPS) is 14.1. The van der Waals surface area contributed by atoms with Crippen molar-refractivity contribution in [1.82, 2.24) is 19.5 Å². The van der Waals surface area contributed by atoms with Crippen molar-refractivity contribution in [3.63, 3.8) is 0 Å². The van der Waals surface area contributed by atoms with E-state index in [-0.39, 0.29) is 34.1 Å². The van der Waals surface area contributed by atoms with Gasteiger partial charge in [0, 0.05) is 58.9 Å². The highest BCUT2D eigenvalue weighted by molar-refractivity contribution is 7.25. The molecule has 0 spiro atoms. The minimum atomic E-state index is -0.524. The van der Waals surface area contributed by atoms with Gasteiger partial charge >= 0.3 is 0 Å². The Morgan fingerprint density at radius 1 is 0.460 bits per heavy atom. The van der Waals surface area contributed by atoms with E-state index in [9.17, 15) is 0 Å². The van der Waals surface area contributed by atoms with Crippen molar-refractivity contribution in [2.75, 3.05) is 0 Å². The maximum atomic E-state index is 9.08. The largest absolute Gasteiger partial charge is 0.309 e. The highest BCUT2D eigenvalue weighted by atomic mass is 32.1. The number of benzene rings is 7. The van der Waals surface area contributed by atoms with E-state index in [1.54, 1.807) is 46.2 Å². The van der Waals surface area contributed by atoms with Crippen molar-refractivity contribution in [2.45, 2.75) is 0 Å². The number of hydrogen-bond donors (Lipinski definition) is 0. The molecule has 50 heavy (non-hydrogen) atoms. The van der Waals surface area contributed by atoms with E-state index in [2.05, 4.69) is 24.3 Å². The van der Waals surface area contributed by atoms with Gasteiger partial charge in [0.15, 0.2) is 17.5 Å². The molecule has 0 aliphatic rings. The molecule has 3 aromatic heterocycles. The van der Waals surface area contributed by atoms with Crippen molar-refractivity contribution in [2.24, 2.45) is 0 Å². The third kappa shape index (κ3) is 4.71. The molecule has 0 unspecified atom stereocenters. The van der Waals surface area contributed by atoms with Gasteiger partial charge in [0.2, 0.25) is 0 Å². The van der Waals surface area contributed by atoms with Gasteiger partial charge in [-0.2, -0.15) is 0 Å². The molecule has 0 amide bonds. The molecule has 10 aromatic rings.